The Morgan fingerprint density at radius 3 is 2.67 bits per heavy atom. The van der Waals surface area contributed by atoms with Crippen LogP contribution in [0.4, 0.5) is 0 Å². The van der Waals surface area contributed by atoms with Gasteiger partial charge in [0, 0.05) is 12.8 Å². The Morgan fingerprint density at radius 1 is 1.27 bits per heavy atom. The third kappa shape index (κ3) is 2.46. The normalized spacial score (nSPS) is 31.1. The molecule has 0 amide bonds. The smallest absolute Gasteiger partial charge is 0.0857 e. The van der Waals surface area contributed by atoms with Crippen molar-refractivity contribution in [3.63, 3.8) is 0 Å². The molecule has 0 bridgehead atoms. The fourth-order valence-corrected chi connectivity index (χ4v) is 1.97. The van der Waals surface area contributed by atoms with E-state index >= 15 is 0 Å². The number of benzene rings is 1. The molecule has 1 fully saturated rings. The first-order valence-electron chi connectivity index (χ1n) is 5.30. The number of aliphatic hydroxyl groups excluding tert-OH is 1. The van der Waals surface area contributed by atoms with E-state index in [1.165, 1.54) is 0 Å². The fraction of sp³-hybridized carbons (Fsp3) is 0.385. The molecule has 0 unspecified atom stereocenters. The van der Waals surface area contributed by atoms with Crippen molar-refractivity contribution in [2.45, 2.75) is 31.2 Å². The molecule has 1 aliphatic heterocycles. The van der Waals surface area contributed by atoms with Crippen molar-refractivity contribution < 1.29 is 9.84 Å². The van der Waals surface area contributed by atoms with Crippen LogP contribution in [0.1, 0.15) is 24.5 Å². The summed E-state index contributed by atoms with van der Waals surface area (Å²) >= 11 is 0. The highest BCUT2D eigenvalue weighted by Gasteiger charge is 2.27. The van der Waals surface area contributed by atoms with Crippen molar-refractivity contribution in [1.29, 1.82) is 0 Å². The van der Waals surface area contributed by atoms with Crippen molar-refractivity contribution in [3.8, 4) is 0 Å². The Kier molecular flexibility index (Phi) is 3.19. The summed E-state index contributed by atoms with van der Waals surface area (Å²) in [6, 6.07) is 10.0. The fourth-order valence-electron chi connectivity index (χ4n) is 1.97. The van der Waals surface area contributed by atoms with Crippen molar-refractivity contribution in [3.05, 3.63) is 48.6 Å². The number of hydrogen-bond donors (Lipinski definition) is 1. The minimum Gasteiger partial charge on any atom is -0.393 e. The molecule has 15 heavy (non-hydrogen) atoms. The van der Waals surface area contributed by atoms with Gasteiger partial charge in [-0.05, 0) is 5.56 Å². The van der Waals surface area contributed by atoms with Gasteiger partial charge < -0.3 is 9.84 Å². The van der Waals surface area contributed by atoms with Crippen LogP contribution >= 0.6 is 0 Å². The van der Waals surface area contributed by atoms with Crippen LogP contribution in [-0.4, -0.2) is 17.3 Å². The lowest BCUT2D eigenvalue weighted by molar-refractivity contribution is -0.0776. The molecule has 1 N–H and O–H groups in total. The van der Waals surface area contributed by atoms with Crippen LogP contribution < -0.4 is 0 Å². The average molecular weight is 204 g/mol. The van der Waals surface area contributed by atoms with Crippen molar-refractivity contribution in [2.75, 3.05) is 0 Å². The van der Waals surface area contributed by atoms with Gasteiger partial charge >= 0.3 is 0 Å². The Morgan fingerprint density at radius 2 is 2.00 bits per heavy atom. The van der Waals surface area contributed by atoms with Crippen molar-refractivity contribution in [1.82, 2.24) is 0 Å². The van der Waals surface area contributed by atoms with E-state index in [2.05, 4.69) is 6.58 Å². The van der Waals surface area contributed by atoms with Crippen LogP contribution in [0.25, 0.3) is 0 Å². The monoisotopic (exact) mass is 204 g/mol. The minimum atomic E-state index is -0.285. The second-order valence-electron chi connectivity index (χ2n) is 3.93. The van der Waals surface area contributed by atoms with E-state index in [1.807, 2.05) is 30.3 Å². The first-order valence-corrected chi connectivity index (χ1v) is 5.30. The van der Waals surface area contributed by atoms with E-state index in [1.54, 1.807) is 6.08 Å². The van der Waals surface area contributed by atoms with Gasteiger partial charge in [0.25, 0.3) is 0 Å². The van der Waals surface area contributed by atoms with Gasteiger partial charge in [-0.15, -0.1) is 6.58 Å². The molecule has 0 spiro atoms. The lowest BCUT2D eigenvalue weighted by atomic mass is 9.96. The zero-order chi connectivity index (χ0) is 10.7. The molecule has 1 aliphatic rings. The predicted octanol–water partition coefficient (Wildman–Crippen LogP) is 2.45. The molecule has 2 heteroatoms. The lowest BCUT2D eigenvalue weighted by Crippen LogP contribution is -2.29. The van der Waals surface area contributed by atoms with Gasteiger partial charge in [-0.25, -0.2) is 0 Å². The summed E-state index contributed by atoms with van der Waals surface area (Å²) in [6.45, 7) is 3.71. The van der Waals surface area contributed by atoms with Gasteiger partial charge in [0.05, 0.1) is 18.3 Å². The minimum absolute atomic E-state index is 0.00190. The molecular formula is C13H16O2. The summed E-state index contributed by atoms with van der Waals surface area (Å²) in [5.41, 5.74) is 1.13. The first-order chi connectivity index (χ1) is 7.29. The summed E-state index contributed by atoms with van der Waals surface area (Å²) in [5, 5.41) is 9.71. The summed E-state index contributed by atoms with van der Waals surface area (Å²) in [7, 11) is 0. The Bertz CT molecular complexity index is 321. The molecule has 3 atom stereocenters. The molecule has 2 rings (SSSR count). The third-order valence-corrected chi connectivity index (χ3v) is 2.76. The number of rotatable bonds is 2. The van der Waals surface area contributed by atoms with Gasteiger partial charge in [-0.2, -0.15) is 0 Å². The van der Waals surface area contributed by atoms with Crippen molar-refractivity contribution in [2.24, 2.45) is 0 Å². The maximum Gasteiger partial charge on any atom is 0.0857 e. The molecule has 1 aromatic carbocycles. The molecule has 80 valence electrons. The van der Waals surface area contributed by atoms with Crippen LogP contribution in [0.3, 0.4) is 0 Å². The molecule has 0 aromatic heterocycles. The summed E-state index contributed by atoms with van der Waals surface area (Å²) in [4.78, 5) is 0. The third-order valence-electron chi connectivity index (χ3n) is 2.76. The molecule has 2 nitrogen and oxygen atoms in total. The Hall–Kier alpha value is -1.12. The molecule has 1 saturated heterocycles. The maximum atomic E-state index is 9.71. The van der Waals surface area contributed by atoms with Crippen LogP contribution in [0.15, 0.2) is 43.0 Å². The summed E-state index contributed by atoms with van der Waals surface area (Å²) in [6.07, 6.45) is 2.78. The van der Waals surface area contributed by atoms with Crippen molar-refractivity contribution >= 4 is 0 Å². The highest BCUT2D eigenvalue weighted by molar-refractivity contribution is 5.18. The molecule has 0 radical (unpaired) electrons. The molecule has 1 aromatic rings. The zero-order valence-electron chi connectivity index (χ0n) is 8.67. The van der Waals surface area contributed by atoms with Crippen LogP contribution in [0.5, 0.6) is 0 Å². The van der Waals surface area contributed by atoms with Crippen LogP contribution in [0.2, 0.25) is 0 Å². The maximum absolute atomic E-state index is 9.71. The first kappa shape index (κ1) is 10.4. The Balaban J connectivity index is 2.12. The number of aliphatic hydroxyl groups is 1. The summed E-state index contributed by atoms with van der Waals surface area (Å²) in [5.74, 6) is 0. The second-order valence-corrected chi connectivity index (χ2v) is 3.93. The van der Waals surface area contributed by atoms with Gasteiger partial charge in [0.2, 0.25) is 0 Å². The lowest BCUT2D eigenvalue weighted by Gasteiger charge is -2.31. The van der Waals surface area contributed by atoms with Crippen LogP contribution in [0, 0.1) is 0 Å². The van der Waals surface area contributed by atoms with Gasteiger partial charge in [0.15, 0.2) is 0 Å². The number of hydrogen-bond acceptors (Lipinski definition) is 2. The van der Waals surface area contributed by atoms with E-state index < -0.39 is 0 Å². The van der Waals surface area contributed by atoms with E-state index in [-0.39, 0.29) is 18.3 Å². The molecule has 1 heterocycles. The highest BCUT2D eigenvalue weighted by atomic mass is 16.5. The van der Waals surface area contributed by atoms with Gasteiger partial charge in [0.1, 0.15) is 0 Å². The number of ether oxygens (including phenoxy) is 1. The Labute approximate surface area is 90.2 Å². The quantitative estimate of drug-likeness (QED) is 0.750. The predicted molar refractivity (Wildman–Crippen MR) is 59.5 cm³/mol. The average Bonchev–Trinajstić information content (AvgIpc) is 2.29. The summed E-state index contributed by atoms with van der Waals surface area (Å²) < 4.78 is 5.81. The largest absolute Gasteiger partial charge is 0.393 e. The standard InChI is InChI=1S/C13H16O2/c1-2-12-8-11(14)9-13(15-12)10-6-4-3-5-7-10/h2-7,11-14H,1,8-9H2/t11-,12+,13+/m0/s1. The highest BCUT2D eigenvalue weighted by Crippen LogP contribution is 2.31. The molecular weight excluding hydrogens is 188 g/mol. The SMILES string of the molecule is C=C[C@@H]1C[C@H](O)C[C@H](c2ccccc2)O1. The van der Waals surface area contributed by atoms with E-state index in [0.717, 1.165) is 5.56 Å². The van der Waals surface area contributed by atoms with E-state index in [4.69, 9.17) is 4.74 Å². The molecule has 0 saturated carbocycles. The second kappa shape index (κ2) is 4.60. The van der Waals surface area contributed by atoms with Gasteiger partial charge in [-0.1, -0.05) is 36.4 Å². The van der Waals surface area contributed by atoms with Crippen LogP contribution in [-0.2, 0) is 4.74 Å². The topological polar surface area (TPSA) is 29.5 Å². The molecule has 0 aliphatic carbocycles. The van der Waals surface area contributed by atoms with E-state index in [0.29, 0.717) is 12.8 Å². The van der Waals surface area contributed by atoms with Gasteiger partial charge in [-0.3, -0.25) is 0 Å². The van der Waals surface area contributed by atoms with E-state index in [9.17, 15) is 5.11 Å². The zero-order valence-corrected chi connectivity index (χ0v) is 8.67.